The fraction of sp³-hybridized carbons (Fsp3) is 0.500. The summed E-state index contributed by atoms with van der Waals surface area (Å²) in [5.41, 5.74) is 3.23. The first-order valence-corrected chi connectivity index (χ1v) is 11.4. The molecule has 0 aliphatic carbocycles. The minimum atomic E-state index is -0.0671. The number of nitrogens with zero attached hydrogens (tertiary/aromatic N) is 1. The van der Waals surface area contributed by atoms with Gasteiger partial charge >= 0.3 is 0 Å². The molecule has 1 aliphatic rings. The first kappa shape index (κ1) is 22.4. The Bertz CT molecular complexity index is 795. The lowest BCUT2D eigenvalue weighted by Crippen LogP contribution is -2.40. The van der Waals surface area contributed by atoms with E-state index in [0.29, 0.717) is 30.4 Å². The van der Waals surface area contributed by atoms with Gasteiger partial charge in [0.25, 0.3) is 5.91 Å². The van der Waals surface area contributed by atoms with Crippen molar-refractivity contribution in [1.29, 1.82) is 0 Å². The van der Waals surface area contributed by atoms with Crippen molar-refractivity contribution >= 4 is 5.91 Å². The van der Waals surface area contributed by atoms with E-state index >= 15 is 0 Å². The van der Waals surface area contributed by atoms with E-state index in [0.717, 1.165) is 19.5 Å². The van der Waals surface area contributed by atoms with Gasteiger partial charge in [-0.25, -0.2) is 0 Å². The number of likely N-dealkylation sites (tertiary alicyclic amines) is 1. The molecule has 0 aromatic heterocycles. The molecule has 0 radical (unpaired) electrons. The third kappa shape index (κ3) is 5.85. The summed E-state index contributed by atoms with van der Waals surface area (Å²) in [6.07, 6.45) is 4.66. The number of hydrogen-bond donors (Lipinski definition) is 1. The maximum atomic E-state index is 13.0. The van der Waals surface area contributed by atoms with Crippen LogP contribution in [0.4, 0.5) is 0 Å². The lowest BCUT2D eigenvalue weighted by atomic mass is 9.97. The molecule has 1 N–H and O–H groups in total. The van der Waals surface area contributed by atoms with E-state index in [-0.39, 0.29) is 11.9 Å². The van der Waals surface area contributed by atoms with Gasteiger partial charge in [-0.3, -0.25) is 9.69 Å². The number of hydrogen-bond acceptors (Lipinski definition) is 3. The highest BCUT2D eigenvalue weighted by atomic mass is 16.5. The number of carbonyl (C=O) groups is 1. The van der Waals surface area contributed by atoms with Gasteiger partial charge in [0, 0.05) is 6.54 Å². The van der Waals surface area contributed by atoms with Crippen LogP contribution in [0.5, 0.6) is 5.75 Å². The van der Waals surface area contributed by atoms with Crippen LogP contribution in [0.15, 0.2) is 48.5 Å². The summed E-state index contributed by atoms with van der Waals surface area (Å²) in [6.45, 7) is 9.89. The van der Waals surface area contributed by atoms with Crippen molar-refractivity contribution in [3.05, 3.63) is 65.2 Å². The Morgan fingerprint density at radius 1 is 1.00 bits per heavy atom. The smallest absolute Gasteiger partial charge is 0.255 e. The molecule has 1 aliphatic heterocycles. The summed E-state index contributed by atoms with van der Waals surface area (Å²) >= 11 is 0. The molecule has 30 heavy (non-hydrogen) atoms. The summed E-state index contributed by atoms with van der Waals surface area (Å²) in [5, 5.41) is 3.19. The van der Waals surface area contributed by atoms with Crippen LogP contribution in [0.25, 0.3) is 0 Å². The maximum absolute atomic E-state index is 13.0. The van der Waals surface area contributed by atoms with Gasteiger partial charge in [0.05, 0.1) is 18.2 Å². The number of rotatable bonds is 9. The minimum Gasteiger partial charge on any atom is -0.493 e. The molecule has 1 fully saturated rings. The van der Waals surface area contributed by atoms with Gasteiger partial charge in [0.1, 0.15) is 5.75 Å². The third-order valence-corrected chi connectivity index (χ3v) is 5.87. The van der Waals surface area contributed by atoms with Crippen molar-refractivity contribution in [3.63, 3.8) is 0 Å². The van der Waals surface area contributed by atoms with Crippen molar-refractivity contribution in [3.8, 4) is 5.75 Å². The molecular formula is C26H36N2O2. The van der Waals surface area contributed by atoms with Crippen LogP contribution in [-0.4, -0.2) is 37.0 Å². The summed E-state index contributed by atoms with van der Waals surface area (Å²) in [4.78, 5) is 15.5. The second-order valence-electron chi connectivity index (χ2n) is 8.49. The van der Waals surface area contributed by atoms with Gasteiger partial charge in [-0.2, -0.15) is 0 Å². The van der Waals surface area contributed by atoms with E-state index in [9.17, 15) is 4.79 Å². The van der Waals surface area contributed by atoms with Crippen LogP contribution < -0.4 is 10.1 Å². The fourth-order valence-corrected chi connectivity index (χ4v) is 4.07. The summed E-state index contributed by atoms with van der Waals surface area (Å²) in [6, 6.07) is 16.6. The minimum absolute atomic E-state index is 0.0671. The average molecular weight is 409 g/mol. The van der Waals surface area contributed by atoms with Gasteiger partial charge < -0.3 is 10.1 Å². The van der Waals surface area contributed by atoms with Crippen molar-refractivity contribution < 1.29 is 9.53 Å². The van der Waals surface area contributed by atoms with E-state index < -0.39 is 0 Å². The van der Waals surface area contributed by atoms with Crippen molar-refractivity contribution in [2.45, 2.75) is 58.4 Å². The Balaban J connectivity index is 1.74. The van der Waals surface area contributed by atoms with Crippen LogP contribution in [0, 0.1) is 0 Å². The molecule has 2 aromatic rings. The Hall–Kier alpha value is -2.33. The fourth-order valence-electron chi connectivity index (χ4n) is 4.07. The second-order valence-corrected chi connectivity index (χ2v) is 8.49. The average Bonchev–Trinajstić information content (AvgIpc) is 2.79. The van der Waals surface area contributed by atoms with Crippen molar-refractivity contribution in [2.75, 3.05) is 26.2 Å². The summed E-state index contributed by atoms with van der Waals surface area (Å²) < 4.78 is 5.78. The molecule has 4 heteroatoms. The molecule has 1 atom stereocenters. The Morgan fingerprint density at radius 3 is 2.33 bits per heavy atom. The number of amides is 1. The first-order valence-electron chi connectivity index (χ1n) is 11.4. The van der Waals surface area contributed by atoms with Crippen LogP contribution in [-0.2, 0) is 0 Å². The van der Waals surface area contributed by atoms with Crippen LogP contribution in [0.2, 0.25) is 0 Å². The van der Waals surface area contributed by atoms with Crippen LogP contribution in [0.1, 0.15) is 79.9 Å². The molecule has 2 aromatic carbocycles. The molecule has 1 unspecified atom stereocenters. The van der Waals surface area contributed by atoms with Gasteiger partial charge in [0.2, 0.25) is 0 Å². The number of carbonyl (C=O) groups excluding carboxylic acids is 1. The monoisotopic (exact) mass is 408 g/mol. The molecule has 162 valence electrons. The van der Waals surface area contributed by atoms with E-state index in [4.69, 9.17) is 4.74 Å². The summed E-state index contributed by atoms with van der Waals surface area (Å²) in [7, 11) is 0. The SMILES string of the molecule is CCCOc1ccccc1C(=O)NCC(c1ccc(C(C)C)cc1)N1CCCCC1. The molecule has 0 bridgehead atoms. The predicted molar refractivity (Wildman–Crippen MR) is 123 cm³/mol. The second kappa shape index (κ2) is 11.2. The van der Waals surface area contributed by atoms with E-state index in [1.165, 1.54) is 30.4 Å². The molecule has 0 spiro atoms. The quantitative estimate of drug-likeness (QED) is 0.591. The lowest BCUT2D eigenvalue weighted by molar-refractivity contribution is 0.0920. The van der Waals surface area contributed by atoms with Gasteiger partial charge in [0.15, 0.2) is 0 Å². The van der Waals surface area contributed by atoms with Crippen molar-refractivity contribution in [1.82, 2.24) is 10.2 Å². The van der Waals surface area contributed by atoms with E-state index in [1.54, 1.807) is 0 Å². The van der Waals surface area contributed by atoms with Crippen LogP contribution in [0.3, 0.4) is 0 Å². The first-order chi connectivity index (χ1) is 14.6. The zero-order valence-electron chi connectivity index (χ0n) is 18.7. The van der Waals surface area contributed by atoms with Gasteiger partial charge in [-0.1, -0.05) is 63.6 Å². The molecular weight excluding hydrogens is 372 g/mol. The lowest BCUT2D eigenvalue weighted by Gasteiger charge is -2.35. The highest BCUT2D eigenvalue weighted by Crippen LogP contribution is 2.26. The molecule has 1 saturated heterocycles. The number of para-hydroxylation sites is 1. The highest BCUT2D eigenvalue weighted by molar-refractivity contribution is 5.96. The highest BCUT2D eigenvalue weighted by Gasteiger charge is 2.24. The summed E-state index contributed by atoms with van der Waals surface area (Å²) in [5.74, 6) is 1.11. The zero-order chi connectivity index (χ0) is 21.3. The standard InChI is InChI=1S/C26H36N2O2/c1-4-18-30-25-11-7-6-10-23(25)26(29)27-19-24(28-16-8-5-9-17-28)22-14-12-21(13-15-22)20(2)3/h6-7,10-15,20,24H,4-5,8-9,16-19H2,1-3H3,(H,27,29). The zero-order valence-corrected chi connectivity index (χ0v) is 18.7. The molecule has 0 saturated carbocycles. The maximum Gasteiger partial charge on any atom is 0.255 e. The normalized spacial score (nSPS) is 15.7. The number of ether oxygens (including phenoxy) is 1. The number of nitrogens with one attached hydrogen (secondary N) is 1. The Labute approximate surface area is 181 Å². The van der Waals surface area contributed by atoms with Crippen molar-refractivity contribution in [2.24, 2.45) is 0 Å². The molecule has 3 rings (SSSR count). The van der Waals surface area contributed by atoms with Crippen LogP contribution >= 0.6 is 0 Å². The van der Waals surface area contributed by atoms with Gasteiger partial charge in [-0.05, 0) is 61.5 Å². The molecule has 4 nitrogen and oxygen atoms in total. The Morgan fingerprint density at radius 2 is 1.67 bits per heavy atom. The molecule has 1 heterocycles. The molecule has 1 amide bonds. The largest absolute Gasteiger partial charge is 0.493 e. The Kier molecular flexibility index (Phi) is 8.32. The third-order valence-electron chi connectivity index (χ3n) is 5.87. The predicted octanol–water partition coefficient (Wildman–Crippen LogP) is 5.56. The van der Waals surface area contributed by atoms with E-state index in [1.807, 2.05) is 24.3 Å². The number of piperidine rings is 1. The number of benzene rings is 2. The van der Waals surface area contributed by atoms with Gasteiger partial charge in [-0.15, -0.1) is 0 Å². The topological polar surface area (TPSA) is 41.6 Å². The van der Waals surface area contributed by atoms with E-state index in [2.05, 4.69) is 55.3 Å².